The van der Waals surface area contributed by atoms with Gasteiger partial charge in [-0.3, -0.25) is 19.9 Å². The van der Waals surface area contributed by atoms with Crippen LogP contribution >= 0.6 is 0 Å². The number of carboxylic acid groups (broad SMARTS) is 1. The minimum atomic E-state index is -1.81. The van der Waals surface area contributed by atoms with Crippen molar-refractivity contribution in [3.05, 3.63) is 47.2 Å². The lowest BCUT2D eigenvalue weighted by atomic mass is 9.83. The Morgan fingerprint density at radius 1 is 1.15 bits per heavy atom. The Kier molecular flexibility index (Phi) is 5.66. The first-order chi connectivity index (χ1) is 15.3. The maximum atomic E-state index is 13.6. The molecule has 4 rings (SSSR count). The highest BCUT2D eigenvalue weighted by atomic mass is 28.3. The van der Waals surface area contributed by atoms with Crippen molar-refractivity contribution in [3.8, 4) is 0 Å². The molecule has 2 heterocycles. The fourth-order valence-corrected chi connectivity index (χ4v) is 8.39. The molecule has 180 valence electrons. The number of carbonyl (C=O) groups is 2. The number of nitrogens with one attached hydrogen (secondary N) is 1. The first-order valence-corrected chi connectivity index (χ1v) is 15.2. The highest BCUT2D eigenvalue weighted by Gasteiger charge is 2.58. The lowest BCUT2D eigenvalue weighted by Gasteiger charge is -2.50. The smallest absolute Gasteiger partial charge is 0.408 e. The van der Waals surface area contributed by atoms with Crippen molar-refractivity contribution in [2.24, 2.45) is 0 Å². The summed E-state index contributed by atoms with van der Waals surface area (Å²) in [4.78, 5) is 27.1. The zero-order chi connectivity index (χ0) is 24.3. The number of rotatable bonds is 5. The first kappa shape index (κ1) is 23.8. The van der Waals surface area contributed by atoms with E-state index in [0.29, 0.717) is 0 Å². The van der Waals surface area contributed by atoms with E-state index >= 15 is 0 Å². The van der Waals surface area contributed by atoms with E-state index in [1.54, 1.807) is 5.01 Å². The summed E-state index contributed by atoms with van der Waals surface area (Å²) in [6, 6.07) is 9.52. The average Bonchev–Trinajstić information content (AvgIpc) is 3.11. The summed E-state index contributed by atoms with van der Waals surface area (Å²) in [6.45, 7) is 12.5. The third-order valence-electron chi connectivity index (χ3n) is 8.12. The zero-order valence-electron chi connectivity index (χ0n) is 20.4. The number of benzene rings is 1. The number of hydrazine groups is 1. The Bertz CT molecular complexity index is 984. The fourth-order valence-electron chi connectivity index (χ4n) is 5.78. The molecule has 0 spiro atoms. The predicted octanol–water partition coefficient (Wildman–Crippen LogP) is 4.40. The van der Waals surface area contributed by atoms with Crippen molar-refractivity contribution in [2.75, 3.05) is 6.54 Å². The van der Waals surface area contributed by atoms with Crippen LogP contribution in [0.15, 0.2) is 41.6 Å². The third-order valence-corrected chi connectivity index (χ3v) is 11.7. The Morgan fingerprint density at radius 2 is 1.76 bits per heavy atom. The maximum absolute atomic E-state index is 13.6. The summed E-state index contributed by atoms with van der Waals surface area (Å²) >= 11 is 0. The van der Waals surface area contributed by atoms with E-state index in [0.717, 1.165) is 41.3 Å². The molecule has 1 saturated carbocycles. The van der Waals surface area contributed by atoms with Crippen LogP contribution in [0, 0.1) is 0 Å². The van der Waals surface area contributed by atoms with E-state index < -0.39 is 25.9 Å². The van der Waals surface area contributed by atoms with Gasteiger partial charge in [0.25, 0.3) is 0 Å². The van der Waals surface area contributed by atoms with Gasteiger partial charge in [-0.2, -0.15) is 0 Å². The van der Waals surface area contributed by atoms with Crippen LogP contribution < -0.4 is 5.32 Å². The minimum Gasteiger partial charge on any atom is -0.465 e. The zero-order valence-corrected chi connectivity index (χ0v) is 21.4. The van der Waals surface area contributed by atoms with Gasteiger partial charge in [-0.15, -0.1) is 0 Å². The molecule has 8 nitrogen and oxygen atoms in total. The van der Waals surface area contributed by atoms with Crippen molar-refractivity contribution in [2.45, 2.75) is 82.5 Å². The number of hydroxylamine groups is 1. The van der Waals surface area contributed by atoms with Gasteiger partial charge in [-0.25, -0.2) is 4.79 Å². The molecule has 2 aliphatic heterocycles. The third kappa shape index (κ3) is 3.48. The molecule has 1 aliphatic carbocycles. The summed E-state index contributed by atoms with van der Waals surface area (Å²) in [5.41, 5.74) is 1.57. The van der Waals surface area contributed by atoms with Gasteiger partial charge in [0.05, 0.1) is 31.9 Å². The normalized spacial score (nSPS) is 25.0. The van der Waals surface area contributed by atoms with Gasteiger partial charge in [-0.05, 0) is 39.2 Å². The molecule has 9 heteroatoms. The van der Waals surface area contributed by atoms with Crippen LogP contribution in [-0.2, 0) is 4.79 Å². The fraction of sp³-hybridized carbons (Fsp3) is 0.583. The van der Waals surface area contributed by atoms with Crippen LogP contribution in [-0.4, -0.2) is 63.7 Å². The molecule has 1 unspecified atom stereocenters. The number of nitrogens with zero attached hydrogens (tertiary/aromatic N) is 3. The highest BCUT2D eigenvalue weighted by Crippen LogP contribution is 2.56. The van der Waals surface area contributed by atoms with Gasteiger partial charge in [0.15, 0.2) is 6.17 Å². The molecule has 0 saturated heterocycles. The lowest BCUT2D eigenvalue weighted by molar-refractivity contribution is -0.260. The molecule has 2 atom stereocenters. The molecular formula is C24H36N4O4Si. The second kappa shape index (κ2) is 7.85. The summed E-state index contributed by atoms with van der Waals surface area (Å²) in [5.74, 6) is -0.0235. The van der Waals surface area contributed by atoms with Crippen molar-refractivity contribution in [1.29, 1.82) is 0 Å². The van der Waals surface area contributed by atoms with E-state index in [2.05, 4.69) is 25.0 Å². The van der Waals surface area contributed by atoms with Crippen LogP contribution in [0.1, 0.15) is 51.6 Å². The molecule has 1 aromatic carbocycles. The average molecular weight is 473 g/mol. The van der Waals surface area contributed by atoms with Gasteiger partial charge in [-0.1, -0.05) is 61.6 Å². The highest BCUT2D eigenvalue weighted by molar-refractivity contribution is 6.82. The molecule has 0 radical (unpaired) electrons. The molecule has 1 aromatic rings. The first-order valence-electron chi connectivity index (χ1n) is 11.7. The second-order valence-electron chi connectivity index (χ2n) is 11.1. The van der Waals surface area contributed by atoms with E-state index in [1.165, 1.54) is 4.90 Å². The van der Waals surface area contributed by atoms with Crippen molar-refractivity contribution in [1.82, 2.24) is 20.4 Å². The van der Waals surface area contributed by atoms with Crippen LogP contribution in [0.5, 0.6) is 0 Å². The van der Waals surface area contributed by atoms with Gasteiger partial charge in [0.1, 0.15) is 0 Å². The van der Waals surface area contributed by atoms with Gasteiger partial charge in [0, 0.05) is 10.6 Å². The maximum Gasteiger partial charge on any atom is 0.408 e. The minimum absolute atomic E-state index is 0.0235. The van der Waals surface area contributed by atoms with Crippen molar-refractivity contribution < 1.29 is 19.9 Å². The van der Waals surface area contributed by atoms with Crippen molar-refractivity contribution in [3.63, 3.8) is 0 Å². The molecule has 2 amide bonds. The summed E-state index contributed by atoms with van der Waals surface area (Å²) < 4.78 is 0. The number of carbonyl (C=O) groups excluding carboxylic acids is 1. The number of amides is 2. The monoisotopic (exact) mass is 472 g/mol. The standard InChI is InChI=1S/C24H36N4O4Si/c1-16(17-11-8-7-9-12-17)27-19-18(15-26(22(30)31)23(19,2)3)20(28(27)32)25-21(29)24(13-10-14-24)33(4,5)6/h7-9,11-12,16,20,32H,10,13-15H2,1-6H3,(H,25,29)(H,30,31)/t16?,20-/m0/s1. The van der Waals surface area contributed by atoms with E-state index in [4.69, 9.17) is 0 Å². The molecule has 0 bridgehead atoms. The quantitative estimate of drug-likeness (QED) is 0.550. The Hall–Kier alpha value is -2.36. The Labute approximate surface area is 196 Å². The van der Waals surface area contributed by atoms with Crippen LogP contribution in [0.2, 0.25) is 24.7 Å². The van der Waals surface area contributed by atoms with E-state index in [9.17, 15) is 19.9 Å². The van der Waals surface area contributed by atoms with Crippen LogP contribution in [0.3, 0.4) is 0 Å². The molecular weight excluding hydrogens is 436 g/mol. The van der Waals surface area contributed by atoms with Gasteiger partial charge < -0.3 is 10.4 Å². The largest absolute Gasteiger partial charge is 0.465 e. The van der Waals surface area contributed by atoms with Crippen LogP contribution in [0.25, 0.3) is 0 Å². The summed E-state index contributed by atoms with van der Waals surface area (Å²) in [6.07, 6.45) is 0.964. The molecule has 3 N–H and O–H groups in total. The lowest BCUT2D eigenvalue weighted by Crippen LogP contribution is -2.60. The summed E-state index contributed by atoms with van der Waals surface area (Å²) in [5, 5.41) is 26.9. The molecule has 1 fully saturated rings. The van der Waals surface area contributed by atoms with Gasteiger partial charge in [0.2, 0.25) is 5.91 Å². The van der Waals surface area contributed by atoms with E-state index in [1.807, 2.05) is 51.1 Å². The number of hydrogen-bond donors (Lipinski definition) is 3. The SMILES string of the molecule is CC(c1ccccc1)N1C2=C(CN(C(=O)O)C2(C)C)[C@@H](NC(=O)C2([Si](C)(C)C)CCC2)N1O. The van der Waals surface area contributed by atoms with Crippen LogP contribution in [0.4, 0.5) is 4.79 Å². The van der Waals surface area contributed by atoms with Gasteiger partial charge >= 0.3 is 6.09 Å². The second-order valence-corrected chi connectivity index (χ2v) is 16.6. The molecule has 0 aromatic heterocycles. The molecule has 3 aliphatic rings. The Morgan fingerprint density at radius 3 is 2.24 bits per heavy atom. The number of hydrogen-bond acceptors (Lipinski definition) is 5. The van der Waals surface area contributed by atoms with E-state index in [-0.39, 0.29) is 23.5 Å². The molecule has 33 heavy (non-hydrogen) atoms. The predicted molar refractivity (Wildman–Crippen MR) is 128 cm³/mol. The summed E-state index contributed by atoms with van der Waals surface area (Å²) in [7, 11) is -1.81. The van der Waals surface area contributed by atoms with Crippen molar-refractivity contribution >= 4 is 20.1 Å². The Balaban J connectivity index is 1.73. The topological polar surface area (TPSA) is 96.3 Å².